The van der Waals surface area contributed by atoms with Crippen LogP contribution in [0.5, 0.6) is 0 Å². The van der Waals surface area contributed by atoms with Crippen molar-refractivity contribution in [3.8, 4) is 0 Å². The molecule has 0 bridgehead atoms. The summed E-state index contributed by atoms with van der Waals surface area (Å²) in [6, 6.07) is 0. The van der Waals surface area contributed by atoms with Gasteiger partial charge in [0.2, 0.25) is 0 Å². The van der Waals surface area contributed by atoms with Gasteiger partial charge in [-0.1, -0.05) is 13.8 Å². The summed E-state index contributed by atoms with van der Waals surface area (Å²) in [6.45, 7) is 6.39. The number of imidazole rings is 1. The van der Waals surface area contributed by atoms with E-state index in [9.17, 15) is 9.59 Å². The van der Waals surface area contributed by atoms with Crippen LogP contribution in [0.4, 0.5) is 0 Å². The molecule has 0 amide bonds. The normalized spacial score (nSPS) is 10.4. The zero-order valence-corrected chi connectivity index (χ0v) is 12.1. The molecule has 0 aromatic carbocycles. The first-order chi connectivity index (χ1) is 8.95. The molecule has 2 aromatic rings. The third kappa shape index (κ3) is 2.93. The third-order valence-corrected chi connectivity index (χ3v) is 2.82. The molecule has 0 fully saturated rings. The van der Waals surface area contributed by atoms with Gasteiger partial charge in [0.15, 0.2) is 11.2 Å². The second-order valence-corrected chi connectivity index (χ2v) is 4.19. The van der Waals surface area contributed by atoms with Crippen LogP contribution in [-0.4, -0.2) is 31.8 Å². The van der Waals surface area contributed by atoms with Crippen molar-refractivity contribution in [3.63, 3.8) is 0 Å². The van der Waals surface area contributed by atoms with E-state index in [2.05, 4.69) is 24.1 Å². The van der Waals surface area contributed by atoms with Gasteiger partial charge in [-0.05, 0) is 13.1 Å². The Bertz CT molecular complexity index is 663. The second-order valence-electron chi connectivity index (χ2n) is 4.19. The molecule has 0 saturated carbocycles. The minimum absolute atomic E-state index is 0.317. The van der Waals surface area contributed by atoms with Crippen LogP contribution in [0.3, 0.4) is 0 Å². The molecule has 1 N–H and O–H groups in total. The molecule has 7 nitrogen and oxygen atoms in total. The van der Waals surface area contributed by atoms with Crippen LogP contribution in [0.2, 0.25) is 0 Å². The van der Waals surface area contributed by atoms with Crippen molar-refractivity contribution in [1.29, 1.82) is 0 Å². The molecule has 0 unspecified atom stereocenters. The zero-order valence-electron chi connectivity index (χ0n) is 12.1. The fourth-order valence-electron chi connectivity index (χ4n) is 1.72. The summed E-state index contributed by atoms with van der Waals surface area (Å²) in [4.78, 5) is 27.2. The van der Waals surface area contributed by atoms with Crippen molar-refractivity contribution in [2.75, 3.05) is 13.1 Å². The second kappa shape index (κ2) is 6.33. The highest BCUT2D eigenvalue weighted by Gasteiger charge is 2.11. The summed E-state index contributed by atoms with van der Waals surface area (Å²) in [5.41, 5.74) is 0.180. The van der Waals surface area contributed by atoms with Crippen molar-refractivity contribution >= 4 is 11.2 Å². The molecule has 106 valence electrons. The van der Waals surface area contributed by atoms with Crippen molar-refractivity contribution in [2.24, 2.45) is 21.1 Å². The Balaban J connectivity index is 0.000000312. The minimum atomic E-state index is -0.360. The maximum Gasteiger partial charge on any atom is 0.332 e. The molecule has 0 spiro atoms. The molecule has 2 rings (SSSR count). The average molecular weight is 267 g/mol. The zero-order chi connectivity index (χ0) is 14.6. The molecule has 2 aromatic heterocycles. The quantitative estimate of drug-likeness (QED) is 0.802. The highest BCUT2D eigenvalue weighted by Crippen LogP contribution is 2.01. The lowest BCUT2D eigenvalue weighted by Crippen LogP contribution is -2.37. The van der Waals surface area contributed by atoms with E-state index in [1.807, 2.05) is 0 Å². The van der Waals surface area contributed by atoms with Gasteiger partial charge >= 0.3 is 5.69 Å². The molecule has 0 atom stereocenters. The summed E-state index contributed by atoms with van der Waals surface area (Å²) in [7, 11) is 4.77. The van der Waals surface area contributed by atoms with Gasteiger partial charge in [-0.15, -0.1) is 0 Å². The van der Waals surface area contributed by atoms with Crippen LogP contribution >= 0.6 is 0 Å². The molecule has 0 aliphatic heterocycles. The van der Waals surface area contributed by atoms with Crippen molar-refractivity contribution in [2.45, 2.75) is 13.8 Å². The first-order valence-electron chi connectivity index (χ1n) is 6.23. The Labute approximate surface area is 111 Å². The molecule has 2 heterocycles. The van der Waals surface area contributed by atoms with Gasteiger partial charge in [-0.3, -0.25) is 13.9 Å². The smallest absolute Gasteiger partial charge is 0.328 e. The lowest BCUT2D eigenvalue weighted by Gasteiger charge is -2.02. The molecule has 0 aliphatic carbocycles. The number of hydrogen-bond donors (Lipinski definition) is 1. The summed E-state index contributed by atoms with van der Waals surface area (Å²) in [6.07, 6.45) is 1.52. The number of aryl methyl sites for hydroxylation is 2. The van der Waals surface area contributed by atoms with Crippen LogP contribution in [0, 0.1) is 0 Å². The Hall–Kier alpha value is -1.89. The maximum absolute atomic E-state index is 11.7. The number of fused-ring (bicyclic) bond motifs is 1. The Morgan fingerprint density at radius 3 is 2.16 bits per heavy atom. The summed E-state index contributed by atoms with van der Waals surface area (Å²) in [5.74, 6) is 0. The van der Waals surface area contributed by atoms with Gasteiger partial charge in [0.1, 0.15) is 0 Å². The van der Waals surface area contributed by atoms with Crippen molar-refractivity contribution in [3.05, 3.63) is 27.2 Å². The molecular formula is C12H21N5O2. The lowest BCUT2D eigenvalue weighted by atomic mass is 10.5. The van der Waals surface area contributed by atoms with Crippen LogP contribution in [0.15, 0.2) is 15.9 Å². The first-order valence-corrected chi connectivity index (χ1v) is 6.23. The summed E-state index contributed by atoms with van der Waals surface area (Å²) < 4.78 is 4.04. The number of rotatable bonds is 2. The van der Waals surface area contributed by atoms with E-state index >= 15 is 0 Å². The van der Waals surface area contributed by atoms with E-state index in [1.165, 1.54) is 17.9 Å². The van der Waals surface area contributed by atoms with E-state index in [-0.39, 0.29) is 11.2 Å². The third-order valence-electron chi connectivity index (χ3n) is 2.82. The highest BCUT2D eigenvalue weighted by atomic mass is 16.2. The van der Waals surface area contributed by atoms with E-state index in [0.29, 0.717) is 11.2 Å². The average Bonchev–Trinajstić information content (AvgIpc) is 2.78. The topological polar surface area (TPSA) is 73.8 Å². The van der Waals surface area contributed by atoms with Gasteiger partial charge in [0, 0.05) is 21.1 Å². The Morgan fingerprint density at radius 1 is 1.11 bits per heavy atom. The van der Waals surface area contributed by atoms with E-state index in [0.717, 1.165) is 17.7 Å². The summed E-state index contributed by atoms with van der Waals surface area (Å²) >= 11 is 0. The molecule has 19 heavy (non-hydrogen) atoms. The van der Waals surface area contributed by atoms with Crippen LogP contribution in [0.25, 0.3) is 11.2 Å². The van der Waals surface area contributed by atoms with Gasteiger partial charge in [0.25, 0.3) is 5.56 Å². The predicted octanol–water partition coefficient (Wildman–Crippen LogP) is -0.413. The van der Waals surface area contributed by atoms with Gasteiger partial charge < -0.3 is 9.88 Å². The number of nitrogens with zero attached hydrogens (tertiary/aromatic N) is 4. The van der Waals surface area contributed by atoms with Crippen LogP contribution in [0.1, 0.15) is 13.8 Å². The Morgan fingerprint density at radius 2 is 1.68 bits per heavy atom. The molecule has 0 radical (unpaired) electrons. The van der Waals surface area contributed by atoms with Crippen molar-refractivity contribution < 1.29 is 0 Å². The first kappa shape index (κ1) is 15.2. The van der Waals surface area contributed by atoms with E-state index < -0.39 is 0 Å². The van der Waals surface area contributed by atoms with Crippen LogP contribution < -0.4 is 16.6 Å². The van der Waals surface area contributed by atoms with Gasteiger partial charge in [0.05, 0.1) is 6.33 Å². The van der Waals surface area contributed by atoms with Gasteiger partial charge in [-0.25, -0.2) is 9.78 Å². The monoisotopic (exact) mass is 267 g/mol. The fourth-order valence-corrected chi connectivity index (χ4v) is 1.72. The Kier molecular flexibility index (Phi) is 5.05. The predicted molar refractivity (Wildman–Crippen MR) is 75.4 cm³/mol. The fraction of sp³-hybridized carbons (Fsp3) is 0.583. The van der Waals surface area contributed by atoms with Crippen molar-refractivity contribution in [1.82, 2.24) is 24.0 Å². The number of aromatic nitrogens is 4. The lowest BCUT2D eigenvalue weighted by molar-refractivity contribution is 0.705. The van der Waals surface area contributed by atoms with E-state index in [1.54, 1.807) is 18.7 Å². The largest absolute Gasteiger partial charge is 0.332 e. The summed E-state index contributed by atoms with van der Waals surface area (Å²) in [5, 5.41) is 3.11. The molecule has 7 heteroatoms. The molecular weight excluding hydrogens is 246 g/mol. The van der Waals surface area contributed by atoms with E-state index in [4.69, 9.17) is 0 Å². The highest BCUT2D eigenvalue weighted by molar-refractivity contribution is 5.69. The number of nitrogens with one attached hydrogen (secondary N) is 1. The molecule has 0 aliphatic rings. The maximum atomic E-state index is 11.7. The number of hydrogen-bond acceptors (Lipinski definition) is 4. The van der Waals surface area contributed by atoms with Gasteiger partial charge in [-0.2, -0.15) is 0 Å². The molecule has 0 saturated heterocycles. The van der Waals surface area contributed by atoms with Crippen LogP contribution in [-0.2, 0) is 21.1 Å². The standard InChI is InChI=1S/C8H10N4O2.C4H11N/c1-10-4-9-6-5(10)7(13)12(3)8(14)11(6)2;1-3-5-4-2/h4H,1-3H3;5H,3-4H2,1-2H3. The minimum Gasteiger partial charge on any atom is -0.328 e. The SMILES string of the molecule is CCNCC.Cn1c(=O)c2c(ncn2C)n(C)c1=O.